The molecule has 4 nitrogen and oxygen atoms in total. The second-order valence-electron chi connectivity index (χ2n) is 4.70. The number of methoxy groups -OCH3 is 1. The molecular weight excluding hydrogens is 266 g/mol. The van der Waals surface area contributed by atoms with E-state index in [2.05, 4.69) is 28.3 Å². The van der Waals surface area contributed by atoms with Crippen molar-refractivity contribution in [2.24, 2.45) is 0 Å². The largest absolute Gasteiger partial charge is 0.494 e. The lowest BCUT2D eigenvalue weighted by Crippen LogP contribution is -2.19. The molecule has 2 rings (SSSR count). The van der Waals surface area contributed by atoms with E-state index in [0.29, 0.717) is 26.1 Å². The number of carbonyl (C=O) groups is 1. The number of esters is 1. The Kier molecular flexibility index (Phi) is 5.58. The van der Waals surface area contributed by atoms with Crippen molar-refractivity contribution in [2.45, 2.75) is 19.9 Å². The third-order valence-corrected chi connectivity index (χ3v) is 3.33. The fourth-order valence-electron chi connectivity index (χ4n) is 2.29. The van der Waals surface area contributed by atoms with Crippen LogP contribution in [0.15, 0.2) is 36.4 Å². The summed E-state index contributed by atoms with van der Waals surface area (Å²) in [4.78, 5) is 11.1. The van der Waals surface area contributed by atoms with Crippen molar-refractivity contribution in [1.82, 2.24) is 5.32 Å². The smallest absolute Gasteiger partial charge is 0.306 e. The highest BCUT2D eigenvalue weighted by Crippen LogP contribution is 2.28. The predicted octanol–water partition coefficient (Wildman–Crippen LogP) is 2.89. The minimum atomic E-state index is -0.203. The third kappa shape index (κ3) is 3.95. The third-order valence-electron chi connectivity index (χ3n) is 3.33. The molecular formula is C17H21NO3. The summed E-state index contributed by atoms with van der Waals surface area (Å²) in [5, 5.41) is 5.64. The molecule has 0 aromatic heterocycles. The Morgan fingerprint density at radius 1 is 1.19 bits per heavy atom. The number of benzene rings is 2. The van der Waals surface area contributed by atoms with Gasteiger partial charge in [-0.3, -0.25) is 4.79 Å². The molecule has 21 heavy (non-hydrogen) atoms. The molecule has 0 fully saturated rings. The summed E-state index contributed by atoms with van der Waals surface area (Å²) < 4.78 is 10.3. The Hall–Kier alpha value is -2.07. The Morgan fingerprint density at radius 2 is 2.00 bits per heavy atom. The quantitative estimate of drug-likeness (QED) is 0.628. The summed E-state index contributed by atoms with van der Waals surface area (Å²) in [7, 11) is 1.40. The van der Waals surface area contributed by atoms with Gasteiger partial charge in [-0.1, -0.05) is 30.3 Å². The van der Waals surface area contributed by atoms with Crippen LogP contribution < -0.4 is 10.1 Å². The van der Waals surface area contributed by atoms with Gasteiger partial charge in [0.1, 0.15) is 5.75 Å². The van der Waals surface area contributed by atoms with E-state index in [0.717, 1.165) is 11.3 Å². The Balaban J connectivity index is 2.15. The summed E-state index contributed by atoms with van der Waals surface area (Å²) in [5.74, 6) is 0.687. The van der Waals surface area contributed by atoms with E-state index < -0.39 is 0 Å². The molecule has 0 saturated carbocycles. The van der Waals surface area contributed by atoms with Crippen LogP contribution in [0.2, 0.25) is 0 Å². The molecule has 0 aliphatic carbocycles. The maximum Gasteiger partial charge on any atom is 0.306 e. The fraction of sp³-hybridized carbons (Fsp3) is 0.353. The van der Waals surface area contributed by atoms with Crippen molar-refractivity contribution in [1.29, 1.82) is 0 Å². The molecule has 4 heteroatoms. The molecule has 0 radical (unpaired) electrons. The number of rotatable bonds is 7. The SMILES string of the molecule is CCOc1ccc2ccccc2c1CNCCC(=O)OC. The molecule has 0 spiro atoms. The number of fused-ring (bicyclic) bond motifs is 1. The van der Waals surface area contributed by atoms with Gasteiger partial charge in [0.15, 0.2) is 0 Å². The first-order valence-corrected chi connectivity index (χ1v) is 7.17. The molecule has 0 unspecified atom stereocenters. The van der Waals surface area contributed by atoms with E-state index in [1.807, 2.05) is 25.1 Å². The van der Waals surface area contributed by atoms with Gasteiger partial charge in [0.25, 0.3) is 0 Å². The lowest BCUT2D eigenvalue weighted by molar-refractivity contribution is -0.140. The summed E-state index contributed by atoms with van der Waals surface area (Å²) in [6, 6.07) is 12.3. The average Bonchev–Trinajstić information content (AvgIpc) is 2.52. The molecule has 1 N–H and O–H groups in total. The second kappa shape index (κ2) is 7.64. The maximum absolute atomic E-state index is 11.1. The van der Waals surface area contributed by atoms with Gasteiger partial charge in [-0.25, -0.2) is 0 Å². The molecule has 2 aromatic rings. The van der Waals surface area contributed by atoms with Crippen molar-refractivity contribution in [2.75, 3.05) is 20.3 Å². The first kappa shape index (κ1) is 15.3. The number of carbonyl (C=O) groups excluding carboxylic acids is 1. The van der Waals surface area contributed by atoms with Gasteiger partial charge in [0.2, 0.25) is 0 Å². The van der Waals surface area contributed by atoms with E-state index in [-0.39, 0.29) is 5.97 Å². The highest BCUT2D eigenvalue weighted by Gasteiger charge is 2.08. The summed E-state index contributed by atoms with van der Waals surface area (Å²) in [6.07, 6.45) is 0.366. The number of hydrogen-bond acceptors (Lipinski definition) is 4. The van der Waals surface area contributed by atoms with Crippen LogP contribution in [0.3, 0.4) is 0 Å². The molecule has 0 amide bonds. The first-order valence-electron chi connectivity index (χ1n) is 7.17. The Labute approximate surface area is 125 Å². The number of ether oxygens (including phenoxy) is 2. The van der Waals surface area contributed by atoms with Crippen molar-refractivity contribution in [3.8, 4) is 5.75 Å². The van der Waals surface area contributed by atoms with Gasteiger partial charge in [0.05, 0.1) is 20.1 Å². The van der Waals surface area contributed by atoms with Crippen LogP contribution in [0.1, 0.15) is 18.9 Å². The van der Waals surface area contributed by atoms with Crippen LogP contribution in [0.4, 0.5) is 0 Å². The summed E-state index contributed by atoms with van der Waals surface area (Å²) in [5.41, 5.74) is 1.12. The molecule has 0 aliphatic rings. The minimum Gasteiger partial charge on any atom is -0.494 e. The van der Waals surface area contributed by atoms with Crippen LogP contribution in [0, 0.1) is 0 Å². The molecule has 0 saturated heterocycles. The molecule has 0 atom stereocenters. The first-order chi connectivity index (χ1) is 10.3. The van der Waals surface area contributed by atoms with E-state index in [1.54, 1.807) is 0 Å². The second-order valence-corrected chi connectivity index (χ2v) is 4.70. The maximum atomic E-state index is 11.1. The minimum absolute atomic E-state index is 0.203. The lowest BCUT2D eigenvalue weighted by Gasteiger charge is -2.14. The predicted molar refractivity (Wildman–Crippen MR) is 83.5 cm³/mol. The molecule has 0 heterocycles. The van der Waals surface area contributed by atoms with Gasteiger partial charge in [0, 0.05) is 18.7 Å². The Morgan fingerprint density at radius 3 is 2.76 bits per heavy atom. The van der Waals surface area contributed by atoms with E-state index in [9.17, 15) is 4.79 Å². The topological polar surface area (TPSA) is 47.6 Å². The van der Waals surface area contributed by atoms with Crippen LogP contribution in [-0.4, -0.2) is 26.2 Å². The number of hydrogen-bond donors (Lipinski definition) is 1. The Bertz CT molecular complexity index is 610. The van der Waals surface area contributed by atoms with Gasteiger partial charge in [-0.15, -0.1) is 0 Å². The van der Waals surface area contributed by atoms with Crippen LogP contribution in [0.25, 0.3) is 10.8 Å². The fourth-order valence-corrected chi connectivity index (χ4v) is 2.29. The highest BCUT2D eigenvalue weighted by atomic mass is 16.5. The average molecular weight is 287 g/mol. The molecule has 2 aromatic carbocycles. The molecule has 0 bridgehead atoms. The monoisotopic (exact) mass is 287 g/mol. The van der Waals surface area contributed by atoms with Gasteiger partial charge < -0.3 is 14.8 Å². The zero-order chi connectivity index (χ0) is 15.1. The zero-order valence-electron chi connectivity index (χ0n) is 12.5. The van der Waals surface area contributed by atoms with Crippen molar-refractivity contribution in [3.05, 3.63) is 42.0 Å². The van der Waals surface area contributed by atoms with E-state index in [1.165, 1.54) is 17.9 Å². The highest BCUT2D eigenvalue weighted by molar-refractivity contribution is 5.87. The van der Waals surface area contributed by atoms with E-state index >= 15 is 0 Å². The van der Waals surface area contributed by atoms with Crippen LogP contribution >= 0.6 is 0 Å². The van der Waals surface area contributed by atoms with Crippen LogP contribution in [0.5, 0.6) is 5.75 Å². The van der Waals surface area contributed by atoms with E-state index in [4.69, 9.17) is 4.74 Å². The van der Waals surface area contributed by atoms with Gasteiger partial charge >= 0.3 is 5.97 Å². The van der Waals surface area contributed by atoms with Crippen LogP contribution in [-0.2, 0) is 16.1 Å². The summed E-state index contributed by atoms with van der Waals surface area (Å²) >= 11 is 0. The number of nitrogens with one attached hydrogen (secondary N) is 1. The van der Waals surface area contributed by atoms with Gasteiger partial charge in [-0.05, 0) is 23.8 Å². The zero-order valence-corrected chi connectivity index (χ0v) is 12.5. The van der Waals surface area contributed by atoms with Gasteiger partial charge in [-0.2, -0.15) is 0 Å². The van der Waals surface area contributed by atoms with Crippen molar-refractivity contribution >= 4 is 16.7 Å². The van der Waals surface area contributed by atoms with Crippen molar-refractivity contribution in [3.63, 3.8) is 0 Å². The molecule has 0 aliphatic heterocycles. The summed E-state index contributed by atoms with van der Waals surface area (Å²) in [6.45, 7) is 3.85. The van der Waals surface area contributed by atoms with Crippen molar-refractivity contribution < 1.29 is 14.3 Å². The molecule has 112 valence electrons. The standard InChI is InChI=1S/C17H21NO3/c1-3-21-16-9-8-13-6-4-5-7-14(13)15(16)12-18-11-10-17(19)20-2/h4-9,18H,3,10-12H2,1-2H3. The lowest BCUT2D eigenvalue weighted by atomic mass is 10.0. The normalized spacial score (nSPS) is 10.6.